The third-order valence-electron chi connectivity index (χ3n) is 3.48. The topological polar surface area (TPSA) is 28.2 Å². The van der Waals surface area contributed by atoms with Crippen LogP contribution in [0.3, 0.4) is 0 Å². The van der Waals surface area contributed by atoms with E-state index in [0.717, 1.165) is 35.9 Å². The highest BCUT2D eigenvalue weighted by atomic mass is 32.1. The number of hydrogen-bond acceptors (Lipinski definition) is 4. The summed E-state index contributed by atoms with van der Waals surface area (Å²) in [6, 6.07) is 6.50. The van der Waals surface area contributed by atoms with Gasteiger partial charge < -0.3 is 0 Å². The predicted octanol–water partition coefficient (Wildman–Crippen LogP) is 3.44. The maximum atomic E-state index is 12.9. The van der Waals surface area contributed by atoms with Crippen LogP contribution in [0.15, 0.2) is 29.6 Å². The molecule has 1 aromatic carbocycles. The second-order valence-corrected chi connectivity index (χ2v) is 5.89. The van der Waals surface area contributed by atoms with Crippen molar-refractivity contribution in [3.05, 3.63) is 41.2 Å². The van der Waals surface area contributed by atoms with Gasteiger partial charge in [-0.05, 0) is 37.1 Å². The van der Waals surface area contributed by atoms with Crippen LogP contribution in [0.25, 0.3) is 10.6 Å². The molecule has 20 heavy (non-hydrogen) atoms. The van der Waals surface area contributed by atoms with Crippen LogP contribution in [0.2, 0.25) is 0 Å². The minimum Gasteiger partial charge on any atom is -0.249 e. The van der Waals surface area contributed by atoms with Crippen molar-refractivity contribution in [2.24, 2.45) is 0 Å². The number of rotatable bonds is 4. The van der Waals surface area contributed by atoms with Crippen LogP contribution in [-0.2, 0) is 6.54 Å². The van der Waals surface area contributed by atoms with E-state index in [0.29, 0.717) is 0 Å². The summed E-state index contributed by atoms with van der Waals surface area (Å²) in [4.78, 5) is 4.60. The molecule has 1 fully saturated rings. The zero-order valence-corrected chi connectivity index (χ0v) is 12.1. The summed E-state index contributed by atoms with van der Waals surface area (Å²) in [6.45, 7) is 3.00. The van der Waals surface area contributed by atoms with Gasteiger partial charge in [0.2, 0.25) is 0 Å². The molecule has 0 saturated carbocycles. The van der Waals surface area contributed by atoms with Gasteiger partial charge in [-0.15, -0.1) is 11.3 Å². The van der Waals surface area contributed by atoms with Gasteiger partial charge in [-0.3, -0.25) is 0 Å². The van der Waals surface area contributed by atoms with E-state index < -0.39 is 0 Å². The smallest absolute Gasteiger partial charge is 0.123 e. The van der Waals surface area contributed by atoms with Crippen molar-refractivity contribution < 1.29 is 4.39 Å². The molecule has 1 aliphatic rings. The fraction of sp³-hybridized carbons (Fsp3) is 0.400. The first-order valence-corrected chi connectivity index (χ1v) is 7.88. The van der Waals surface area contributed by atoms with Gasteiger partial charge in [0.05, 0.1) is 12.2 Å². The van der Waals surface area contributed by atoms with E-state index in [1.807, 2.05) is 0 Å². The molecule has 3 rings (SSSR count). The second kappa shape index (κ2) is 6.43. The molecule has 1 aliphatic heterocycles. The third kappa shape index (κ3) is 3.42. The minimum absolute atomic E-state index is 0.211. The summed E-state index contributed by atoms with van der Waals surface area (Å²) in [5.41, 5.74) is 5.44. The summed E-state index contributed by atoms with van der Waals surface area (Å²) in [7, 11) is 0. The molecule has 2 heterocycles. The first-order chi connectivity index (χ1) is 9.81. The molecule has 1 saturated heterocycles. The molecule has 0 unspecified atom stereocenters. The van der Waals surface area contributed by atoms with Gasteiger partial charge in [0.15, 0.2) is 0 Å². The van der Waals surface area contributed by atoms with Crippen molar-refractivity contribution in [1.29, 1.82) is 0 Å². The number of hydrogen-bond donors (Lipinski definition) is 1. The van der Waals surface area contributed by atoms with Gasteiger partial charge in [0.1, 0.15) is 10.8 Å². The lowest BCUT2D eigenvalue weighted by atomic mass is 10.2. The molecule has 0 amide bonds. The summed E-state index contributed by atoms with van der Waals surface area (Å²) in [6.07, 6.45) is 3.87. The van der Waals surface area contributed by atoms with Gasteiger partial charge in [0, 0.05) is 24.0 Å². The lowest BCUT2D eigenvalue weighted by Crippen LogP contribution is -2.41. The van der Waals surface area contributed by atoms with Crippen LogP contribution in [0, 0.1) is 5.82 Å². The van der Waals surface area contributed by atoms with E-state index in [-0.39, 0.29) is 5.82 Å². The molecule has 0 atom stereocenters. The van der Waals surface area contributed by atoms with Crippen LogP contribution in [-0.4, -0.2) is 23.1 Å². The number of nitrogens with zero attached hydrogens (tertiary/aromatic N) is 2. The quantitative estimate of drug-likeness (QED) is 0.935. The minimum atomic E-state index is -0.211. The lowest BCUT2D eigenvalue weighted by Gasteiger charge is -2.26. The molecular weight excluding hydrogens is 273 g/mol. The fourth-order valence-electron chi connectivity index (χ4n) is 2.36. The summed E-state index contributed by atoms with van der Waals surface area (Å²) in [5.74, 6) is -0.211. The summed E-state index contributed by atoms with van der Waals surface area (Å²) >= 11 is 1.60. The van der Waals surface area contributed by atoms with Crippen molar-refractivity contribution in [3.63, 3.8) is 0 Å². The molecule has 2 aromatic rings. The molecular formula is C15H18FN3S. The lowest BCUT2D eigenvalue weighted by molar-refractivity contribution is 0.150. The van der Waals surface area contributed by atoms with Gasteiger partial charge in [-0.2, -0.15) is 0 Å². The van der Waals surface area contributed by atoms with Gasteiger partial charge in [0.25, 0.3) is 0 Å². The van der Waals surface area contributed by atoms with Crippen LogP contribution in [0.4, 0.5) is 4.39 Å². The molecule has 0 bridgehead atoms. The molecule has 5 heteroatoms. The van der Waals surface area contributed by atoms with E-state index >= 15 is 0 Å². The SMILES string of the molecule is Fc1ccc(-c2nc(CNN3CCCCC3)cs2)cc1. The van der Waals surface area contributed by atoms with Crippen LogP contribution >= 0.6 is 11.3 Å². The van der Waals surface area contributed by atoms with E-state index in [2.05, 4.69) is 20.8 Å². The highest BCUT2D eigenvalue weighted by Gasteiger charge is 2.10. The largest absolute Gasteiger partial charge is 0.249 e. The maximum Gasteiger partial charge on any atom is 0.123 e. The number of hydrazine groups is 1. The normalized spacial score (nSPS) is 16.4. The molecule has 1 aromatic heterocycles. The Balaban J connectivity index is 1.60. The number of nitrogens with one attached hydrogen (secondary N) is 1. The number of benzene rings is 1. The number of aromatic nitrogens is 1. The standard InChI is InChI=1S/C15H18FN3S/c16-13-6-4-12(5-7-13)15-18-14(11-20-15)10-17-19-8-2-1-3-9-19/h4-7,11,17H,1-3,8-10H2. The Bertz CT molecular complexity index is 547. The van der Waals surface area contributed by atoms with E-state index in [1.165, 1.54) is 31.4 Å². The number of thiazole rings is 1. The van der Waals surface area contributed by atoms with E-state index in [9.17, 15) is 4.39 Å². The van der Waals surface area contributed by atoms with E-state index in [1.54, 1.807) is 23.5 Å². The first-order valence-electron chi connectivity index (χ1n) is 7.00. The highest BCUT2D eigenvalue weighted by Crippen LogP contribution is 2.23. The van der Waals surface area contributed by atoms with Crippen molar-refractivity contribution in [3.8, 4) is 10.6 Å². The van der Waals surface area contributed by atoms with Crippen molar-refractivity contribution in [2.75, 3.05) is 13.1 Å². The molecule has 0 aliphatic carbocycles. The molecule has 0 radical (unpaired) electrons. The van der Waals surface area contributed by atoms with Gasteiger partial charge in [-0.1, -0.05) is 6.42 Å². The fourth-order valence-corrected chi connectivity index (χ4v) is 3.18. The Hall–Kier alpha value is -1.30. The average Bonchev–Trinajstić information content (AvgIpc) is 2.96. The second-order valence-electron chi connectivity index (χ2n) is 5.03. The third-order valence-corrected chi connectivity index (χ3v) is 4.42. The Morgan fingerprint density at radius 3 is 2.65 bits per heavy atom. The molecule has 3 nitrogen and oxygen atoms in total. The number of halogens is 1. The zero-order valence-electron chi connectivity index (χ0n) is 11.3. The Kier molecular flexibility index (Phi) is 4.40. The molecule has 1 N–H and O–H groups in total. The van der Waals surface area contributed by atoms with Crippen LogP contribution < -0.4 is 5.43 Å². The van der Waals surface area contributed by atoms with Gasteiger partial charge in [-0.25, -0.2) is 19.8 Å². The first kappa shape index (κ1) is 13.7. The van der Waals surface area contributed by atoms with Crippen LogP contribution in [0.1, 0.15) is 25.0 Å². The number of piperidine rings is 1. The molecule has 106 valence electrons. The molecule has 0 spiro atoms. The van der Waals surface area contributed by atoms with Gasteiger partial charge >= 0.3 is 0 Å². The monoisotopic (exact) mass is 291 g/mol. The Morgan fingerprint density at radius 1 is 1.15 bits per heavy atom. The van der Waals surface area contributed by atoms with Crippen molar-refractivity contribution in [1.82, 2.24) is 15.4 Å². The van der Waals surface area contributed by atoms with Crippen molar-refractivity contribution in [2.45, 2.75) is 25.8 Å². The summed E-state index contributed by atoms with van der Waals surface area (Å²) < 4.78 is 12.9. The van der Waals surface area contributed by atoms with Crippen molar-refractivity contribution >= 4 is 11.3 Å². The highest BCUT2D eigenvalue weighted by molar-refractivity contribution is 7.13. The zero-order chi connectivity index (χ0) is 13.8. The maximum absolute atomic E-state index is 12.9. The van der Waals surface area contributed by atoms with Crippen LogP contribution in [0.5, 0.6) is 0 Å². The average molecular weight is 291 g/mol. The Morgan fingerprint density at radius 2 is 1.90 bits per heavy atom. The summed E-state index contributed by atoms with van der Waals surface area (Å²) in [5, 5.41) is 5.29. The van der Waals surface area contributed by atoms with E-state index in [4.69, 9.17) is 0 Å². The Labute approximate surface area is 122 Å². The predicted molar refractivity (Wildman–Crippen MR) is 79.8 cm³/mol.